The van der Waals surface area contributed by atoms with Crippen molar-refractivity contribution in [2.45, 2.75) is 26.8 Å². The molecule has 1 heterocycles. The van der Waals surface area contributed by atoms with E-state index in [4.69, 9.17) is 4.74 Å². The molecule has 0 radical (unpaired) electrons. The summed E-state index contributed by atoms with van der Waals surface area (Å²) in [5, 5.41) is 0. The van der Waals surface area contributed by atoms with Crippen LogP contribution in [-0.2, 0) is 4.74 Å². The summed E-state index contributed by atoms with van der Waals surface area (Å²) in [6.45, 7) is 7.98. The summed E-state index contributed by atoms with van der Waals surface area (Å²) >= 11 is 3.46. The van der Waals surface area contributed by atoms with Crippen LogP contribution in [0, 0.1) is 6.92 Å². The van der Waals surface area contributed by atoms with E-state index in [1.807, 2.05) is 6.20 Å². The van der Waals surface area contributed by atoms with Crippen LogP contribution in [0.4, 0.5) is 5.82 Å². The lowest BCUT2D eigenvalue weighted by Crippen LogP contribution is -2.34. The first kappa shape index (κ1) is 13.5. The van der Waals surface area contributed by atoms with Crippen molar-refractivity contribution in [1.29, 1.82) is 0 Å². The average Bonchev–Trinajstić information content (AvgIpc) is 2.23. The van der Waals surface area contributed by atoms with Crippen molar-refractivity contribution in [3.05, 3.63) is 22.3 Å². The fourth-order valence-corrected chi connectivity index (χ4v) is 1.73. The van der Waals surface area contributed by atoms with E-state index in [0.29, 0.717) is 6.04 Å². The third-order valence-corrected chi connectivity index (χ3v) is 3.32. The standard InChI is InChI=1S/C12H19BrN2O/c1-9(2)15(5-6-16-4)12-7-10(3)11(13)8-14-12/h7-9H,5-6H2,1-4H3. The molecular weight excluding hydrogens is 268 g/mol. The largest absolute Gasteiger partial charge is 0.383 e. The molecule has 0 atom stereocenters. The molecule has 0 saturated heterocycles. The molecule has 0 amide bonds. The Kier molecular flexibility index (Phi) is 5.22. The van der Waals surface area contributed by atoms with Crippen molar-refractivity contribution < 1.29 is 4.74 Å². The molecule has 0 saturated carbocycles. The van der Waals surface area contributed by atoms with Crippen LogP contribution < -0.4 is 4.90 Å². The van der Waals surface area contributed by atoms with E-state index >= 15 is 0 Å². The number of pyridine rings is 1. The maximum absolute atomic E-state index is 5.12. The monoisotopic (exact) mass is 286 g/mol. The molecule has 0 bridgehead atoms. The van der Waals surface area contributed by atoms with Crippen LogP contribution in [-0.4, -0.2) is 31.3 Å². The molecule has 4 heteroatoms. The van der Waals surface area contributed by atoms with Gasteiger partial charge >= 0.3 is 0 Å². The van der Waals surface area contributed by atoms with Crippen molar-refractivity contribution in [1.82, 2.24) is 4.98 Å². The molecule has 0 aliphatic carbocycles. The zero-order chi connectivity index (χ0) is 12.1. The second-order valence-corrected chi connectivity index (χ2v) is 4.93. The molecule has 0 N–H and O–H groups in total. The summed E-state index contributed by atoms with van der Waals surface area (Å²) in [6, 6.07) is 2.52. The lowest BCUT2D eigenvalue weighted by Gasteiger charge is -2.27. The number of rotatable bonds is 5. The van der Waals surface area contributed by atoms with Crippen LogP contribution in [0.3, 0.4) is 0 Å². The lowest BCUT2D eigenvalue weighted by atomic mass is 10.2. The predicted octanol–water partition coefficient (Wildman–Crippen LogP) is 3.01. The van der Waals surface area contributed by atoms with Crippen molar-refractivity contribution in [3.63, 3.8) is 0 Å². The first-order valence-corrected chi connectivity index (χ1v) is 6.23. The number of hydrogen-bond acceptors (Lipinski definition) is 3. The maximum atomic E-state index is 5.12. The van der Waals surface area contributed by atoms with Gasteiger partial charge in [-0.25, -0.2) is 4.98 Å². The summed E-state index contributed by atoms with van der Waals surface area (Å²) in [6.07, 6.45) is 1.85. The van der Waals surface area contributed by atoms with Crippen LogP contribution in [0.1, 0.15) is 19.4 Å². The van der Waals surface area contributed by atoms with Gasteiger partial charge in [0, 0.05) is 30.4 Å². The minimum atomic E-state index is 0.420. The molecule has 0 spiro atoms. The zero-order valence-corrected chi connectivity index (χ0v) is 11.9. The summed E-state index contributed by atoms with van der Waals surface area (Å²) in [7, 11) is 1.72. The van der Waals surface area contributed by atoms with Gasteiger partial charge in [0.25, 0.3) is 0 Å². The highest BCUT2D eigenvalue weighted by Crippen LogP contribution is 2.21. The van der Waals surface area contributed by atoms with Gasteiger partial charge in [-0.2, -0.15) is 0 Å². The molecule has 3 nitrogen and oxygen atoms in total. The number of aryl methyl sites for hydroxylation is 1. The number of aromatic nitrogens is 1. The number of hydrogen-bond donors (Lipinski definition) is 0. The summed E-state index contributed by atoms with van der Waals surface area (Å²) < 4.78 is 6.17. The van der Waals surface area contributed by atoms with Crippen molar-refractivity contribution in [2.75, 3.05) is 25.2 Å². The van der Waals surface area contributed by atoms with Crippen LogP contribution in [0.15, 0.2) is 16.7 Å². The van der Waals surface area contributed by atoms with Gasteiger partial charge in [-0.1, -0.05) is 0 Å². The second kappa shape index (κ2) is 6.21. The van der Waals surface area contributed by atoms with Gasteiger partial charge in [-0.3, -0.25) is 0 Å². The van der Waals surface area contributed by atoms with Crippen molar-refractivity contribution in [2.24, 2.45) is 0 Å². The minimum absolute atomic E-state index is 0.420. The average molecular weight is 287 g/mol. The number of methoxy groups -OCH3 is 1. The minimum Gasteiger partial charge on any atom is -0.383 e. The number of nitrogens with zero attached hydrogens (tertiary/aromatic N) is 2. The van der Waals surface area contributed by atoms with Gasteiger partial charge in [0.05, 0.1) is 6.61 Å². The Morgan fingerprint density at radius 3 is 2.69 bits per heavy atom. The lowest BCUT2D eigenvalue weighted by molar-refractivity contribution is 0.203. The summed E-state index contributed by atoms with van der Waals surface area (Å²) in [5.41, 5.74) is 1.20. The van der Waals surface area contributed by atoms with E-state index in [-0.39, 0.29) is 0 Å². The van der Waals surface area contributed by atoms with Gasteiger partial charge in [-0.05, 0) is 48.3 Å². The van der Waals surface area contributed by atoms with Crippen LogP contribution >= 0.6 is 15.9 Å². The van der Waals surface area contributed by atoms with E-state index in [1.165, 1.54) is 5.56 Å². The third kappa shape index (κ3) is 3.46. The molecule has 0 unspecified atom stereocenters. The summed E-state index contributed by atoms with van der Waals surface area (Å²) in [5.74, 6) is 1.01. The molecular formula is C12H19BrN2O. The number of anilines is 1. The first-order chi connectivity index (χ1) is 7.56. The maximum Gasteiger partial charge on any atom is 0.129 e. The molecule has 1 aromatic heterocycles. The van der Waals surface area contributed by atoms with E-state index in [9.17, 15) is 0 Å². The SMILES string of the molecule is COCCN(c1cc(C)c(Br)cn1)C(C)C. The van der Waals surface area contributed by atoms with Crippen LogP contribution in [0.2, 0.25) is 0 Å². The Hall–Kier alpha value is -0.610. The molecule has 0 aromatic carbocycles. The molecule has 0 aliphatic heterocycles. The molecule has 90 valence electrons. The molecule has 1 rings (SSSR count). The number of ether oxygens (including phenoxy) is 1. The second-order valence-electron chi connectivity index (χ2n) is 4.07. The fraction of sp³-hybridized carbons (Fsp3) is 0.583. The Labute approximate surface area is 106 Å². The quantitative estimate of drug-likeness (QED) is 0.832. The Bertz CT molecular complexity index is 342. The van der Waals surface area contributed by atoms with Crippen molar-refractivity contribution in [3.8, 4) is 0 Å². The molecule has 1 aromatic rings. The van der Waals surface area contributed by atoms with Gasteiger partial charge in [0.15, 0.2) is 0 Å². The highest BCUT2D eigenvalue weighted by Gasteiger charge is 2.12. The number of halogens is 1. The van der Waals surface area contributed by atoms with E-state index < -0.39 is 0 Å². The smallest absolute Gasteiger partial charge is 0.129 e. The van der Waals surface area contributed by atoms with Crippen LogP contribution in [0.5, 0.6) is 0 Å². The van der Waals surface area contributed by atoms with Gasteiger partial charge in [-0.15, -0.1) is 0 Å². The van der Waals surface area contributed by atoms with E-state index in [2.05, 4.69) is 52.7 Å². The Morgan fingerprint density at radius 1 is 1.50 bits per heavy atom. The third-order valence-electron chi connectivity index (χ3n) is 2.49. The fourth-order valence-electron chi connectivity index (χ4n) is 1.51. The zero-order valence-electron chi connectivity index (χ0n) is 10.3. The van der Waals surface area contributed by atoms with Crippen LogP contribution in [0.25, 0.3) is 0 Å². The normalized spacial score (nSPS) is 10.9. The highest BCUT2D eigenvalue weighted by atomic mass is 79.9. The van der Waals surface area contributed by atoms with Gasteiger partial charge in [0.1, 0.15) is 5.82 Å². The molecule has 0 fully saturated rings. The molecule has 16 heavy (non-hydrogen) atoms. The van der Waals surface area contributed by atoms with E-state index in [0.717, 1.165) is 23.4 Å². The van der Waals surface area contributed by atoms with Gasteiger partial charge < -0.3 is 9.64 Å². The Balaban J connectivity index is 2.88. The first-order valence-electron chi connectivity index (χ1n) is 5.44. The van der Waals surface area contributed by atoms with Crippen molar-refractivity contribution >= 4 is 21.7 Å². The summed E-state index contributed by atoms with van der Waals surface area (Å²) in [4.78, 5) is 6.68. The topological polar surface area (TPSA) is 25.4 Å². The highest BCUT2D eigenvalue weighted by molar-refractivity contribution is 9.10. The molecule has 0 aliphatic rings. The Morgan fingerprint density at radius 2 is 2.19 bits per heavy atom. The van der Waals surface area contributed by atoms with Gasteiger partial charge in [0.2, 0.25) is 0 Å². The predicted molar refractivity (Wildman–Crippen MR) is 71.0 cm³/mol. The van der Waals surface area contributed by atoms with E-state index in [1.54, 1.807) is 7.11 Å².